The van der Waals surface area contributed by atoms with E-state index < -0.39 is 0 Å². The van der Waals surface area contributed by atoms with Crippen molar-refractivity contribution in [1.29, 1.82) is 0 Å². The molecule has 152 valence electrons. The third-order valence-corrected chi connectivity index (χ3v) is 5.12. The van der Waals surface area contributed by atoms with Crippen LogP contribution in [-0.4, -0.2) is 19.2 Å². The summed E-state index contributed by atoms with van der Waals surface area (Å²) in [6.45, 7) is 6.73. The monoisotopic (exact) mass is 391 g/mol. The number of ether oxygens (including phenoxy) is 3. The van der Waals surface area contributed by atoms with Gasteiger partial charge in [0.1, 0.15) is 12.4 Å². The van der Waals surface area contributed by atoms with E-state index in [4.69, 9.17) is 19.2 Å². The fourth-order valence-corrected chi connectivity index (χ4v) is 3.52. The Balaban J connectivity index is 1.92. The highest BCUT2D eigenvalue weighted by Crippen LogP contribution is 2.33. The van der Waals surface area contributed by atoms with Crippen LogP contribution in [0.25, 0.3) is 11.3 Å². The van der Waals surface area contributed by atoms with Crippen LogP contribution in [0.5, 0.6) is 17.2 Å². The van der Waals surface area contributed by atoms with Crippen LogP contribution in [0.15, 0.2) is 48.7 Å². The van der Waals surface area contributed by atoms with Crippen molar-refractivity contribution >= 4 is 0 Å². The maximum atomic E-state index is 6.03. The Morgan fingerprint density at radius 2 is 1.48 bits per heavy atom. The minimum Gasteiger partial charge on any atom is -0.496 e. The van der Waals surface area contributed by atoms with Gasteiger partial charge in [-0.3, -0.25) is 4.98 Å². The van der Waals surface area contributed by atoms with Gasteiger partial charge < -0.3 is 14.2 Å². The third kappa shape index (κ3) is 4.53. The highest BCUT2D eigenvalue weighted by molar-refractivity contribution is 5.69. The summed E-state index contributed by atoms with van der Waals surface area (Å²) in [7, 11) is 3.33. The Morgan fingerprint density at radius 3 is 2.10 bits per heavy atom. The van der Waals surface area contributed by atoms with Crippen molar-refractivity contribution in [2.24, 2.45) is 0 Å². The Labute approximate surface area is 173 Å². The van der Waals surface area contributed by atoms with Gasteiger partial charge in [0.25, 0.3) is 0 Å². The second-order valence-corrected chi connectivity index (χ2v) is 6.98. The number of benzene rings is 2. The Hall–Kier alpha value is -3.01. The molecule has 2 aromatic carbocycles. The van der Waals surface area contributed by atoms with Crippen LogP contribution in [-0.2, 0) is 19.4 Å². The lowest BCUT2D eigenvalue weighted by Crippen LogP contribution is -2.03. The van der Waals surface area contributed by atoms with E-state index in [1.165, 1.54) is 16.7 Å². The summed E-state index contributed by atoms with van der Waals surface area (Å²) in [6, 6.07) is 14.4. The van der Waals surface area contributed by atoms with Gasteiger partial charge in [-0.15, -0.1) is 0 Å². The molecule has 0 unspecified atom stereocenters. The average Bonchev–Trinajstić information content (AvgIpc) is 2.77. The summed E-state index contributed by atoms with van der Waals surface area (Å²) in [4.78, 5) is 4.76. The SMILES string of the molecule is CCc1cccc(CC)c1-c1cc(OC)c(COc2cc(C)ccc2OC)cn1. The first-order valence-electron chi connectivity index (χ1n) is 10.0. The summed E-state index contributed by atoms with van der Waals surface area (Å²) in [5.41, 5.74) is 6.76. The summed E-state index contributed by atoms with van der Waals surface area (Å²) in [5.74, 6) is 2.20. The van der Waals surface area contributed by atoms with Gasteiger partial charge in [0, 0.05) is 23.4 Å². The molecule has 0 aliphatic rings. The quantitative estimate of drug-likeness (QED) is 0.488. The molecule has 4 heteroatoms. The van der Waals surface area contributed by atoms with Crippen LogP contribution >= 0.6 is 0 Å². The number of rotatable bonds is 8. The van der Waals surface area contributed by atoms with Crippen LogP contribution < -0.4 is 14.2 Å². The Kier molecular flexibility index (Phi) is 6.76. The molecule has 0 aliphatic carbocycles. The second-order valence-electron chi connectivity index (χ2n) is 6.98. The van der Waals surface area contributed by atoms with E-state index in [0.29, 0.717) is 18.1 Å². The smallest absolute Gasteiger partial charge is 0.161 e. The lowest BCUT2D eigenvalue weighted by atomic mass is 9.94. The summed E-state index contributed by atoms with van der Waals surface area (Å²) in [6.07, 6.45) is 3.78. The van der Waals surface area contributed by atoms with Crippen LogP contribution in [0.3, 0.4) is 0 Å². The van der Waals surface area contributed by atoms with Crippen molar-refractivity contribution in [3.05, 3.63) is 70.9 Å². The molecule has 0 saturated heterocycles. The number of nitrogens with zero attached hydrogens (tertiary/aromatic N) is 1. The second kappa shape index (κ2) is 9.46. The molecule has 3 rings (SSSR count). The number of hydrogen-bond acceptors (Lipinski definition) is 4. The number of hydrogen-bond donors (Lipinski definition) is 0. The molecular formula is C25H29NO3. The van der Waals surface area contributed by atoms with E-state index >= 15 is 0 Å². The van der Waals surface area contributed by atoms with E-state index in [2.05, 4.69) is 32.0 Å². The predicted octanol–water partition coefficient (Wildman–Crippen LogP) is 5.78. The van der Waals surface area contributed by atoms with Crippen LogP contribution in [0.4, 0.5) is 0 Å². The molecule has 0 saturated carbocycles. The third-order valence-electron chi connectivity index (χ3n) is 5.12. The zero-order valence-electron chi connectivity index (χ0n) is 17.9. The molecule has 0 spiro atoms. The fraction of sp³-hybridized carbons (Fsp3) is 0.320. The largest absolute Gasteiger partial charge is 0.496 e. The molecule has 4 nitrogen and oxygen atoms in total. The Morgan fingerprint density at radius 1 is 0.793 bits per heavy atom. The normalized spacial score (nSPS) is 10.7. The fourth-order valence-electron chi connectivity index (χ4n) is 3.52. The summed E-state index contributed by atoms with van der Waals surface area (Å²) in [5, 5.41) is 0. The molecular weight excluding hydrogens is 362 g/mol. The average molecular weight is 392 g/mol. The van der Waals surface area contributed by atoms with Gasteiger partial charge in [-0.1, -0.05) is 38.1 Å². The van der Waals surface area contributed by atoms with E-state index in [1.54, 1.807) is 14.2 Å². The van der Waals surface area contributed by atoms with Gasteiger partial charge in [-0.25, -0.2) is 0 Å². The van der Waals surface area contributed by atoms with E-state index in [9.17, 15) is 0 Å². The summed E-state index contributed by atoms with van der Waals surface area (Å²) < 4.78 is 17.1. The highest BCUT2D eigenvalue weighted by Gasteiger charge is 2.14. The molecule has 0 atom stereocenters. The van der Waals surface area contributed by atoms with Crippen molar-refractivity contribution in [2.75, 3.05) is 14.2 Å². The van der Waals surface area contributed by atoms with E-state index in [1.807, 2.05) is 37.4 Å². The maximum Gasteiger partial charge on any atom is 0.161 e. The minimum atomic E-state index is 0.353. The number of methoxy groups -OCH3 is 2. The molecule has 29 heavy (non-hydrogen) atoms. The molecule has 3 aromatic rings. The first-order chi connectivity index (χ1) is 14.1. The summed E-state index contributed by atoms with van der Waals surface area (Å²) >= 11 is 0. The van der Waals surface area contributed by atoms with Gasteiger partial charge in [-0.05, 0) is 48.6 Å². The topological polar surface area (TPSA) is 40.6 Å². The molecule has 1 aromatic heterocycles. The van der Waals surface area contributed by atoms with Gasteiger partial charge in [-0.2, -0.15) is 0 Å². The zero-order valence-corrected chi connectivity index (χ0v) is 17.9. The molecule has 0 N–H and O–H groups in total. The van der Waals surface area contributed by atoms with Gasteiger partial charge in [0.15, 0.2) is 11.5 Å². The first-order valence-corrected chi connectivity index (χ1v) is 10.0. The standard InChI is InChI=1S/C25H29NO3/c1-6-18-9-8-10-19(7-2)25(18)21-14-23(28-5)20(15-26-21)16-29-24-13-17(3)11-12-22(24)27-4/h8-15H,6-7,16H2,1-5H3. The lowest BCUT2D eigenvalue weighted by Gasteiger charge is -2.16. The van der Waals surface area contributed by atoms with Gasteiger partial charge in [0.05, 0.1) is 19.9 Å². The van der Waals surface area contributed by atoms with Crippen LogP contribution in [0.1, 0.15) is 36.1 Å². The van der Waals surface area contributed by atoms with Crippen molar-refractivity contribution < 1.29 is 14.2 Å². The van der Waals surface area contributed by atoms with Crippen molar-refractivity contribution in [2.45, 2.75) is 40.2 Å². The molecule has 0 bridgehead atoms. The van der Waals surface area contributed by atoms with Crippen LogP contribution in [0, 0.1) is 6.92 Å². The van der Waals surface area contributed by atoms with Crippen molar-refractivity contribution in [1.82, 2.24) is 4.98 Å². The molecule has 0 radical (unpaired) electrons. The van der Waals surface area contributed by atoms with Gasteiger partial charge >= 0.3 is 0 Å². The van der Waals surface area contributed by atoms with E-state index in [0.717, 1.165) is 35.4 Å². The first kappa shape index (κ1) is 20.7. The van der Waals surface area contributed by atoms with E-state index in [-0.39, 0.29) is 0 Å². The van der Waals surface area contributed by atoms with Crippen molar-refractivity contribution in [3.63, 3.8) is 0 Å². The lowest BCUT2D eigenvalue weighted by molar-refractivity contribution is 0.277. The molecule has 0 aliphatic heterocycles. The highest BCUT2D eigenvalue weighted by atomic mass is 16.5. The van der Waals surface area contributed by atoms with Gasteiger partial charge in [0.2, 0.25) is 0 Å². The molecule has 0 fully saturated rings. The van der Waals surface area contributed by atoms with Crippen LogP contribution in [0.2, 0.25) is 0 Å². The zero-order chi connectivity index (χ0) is 20.8. The predicted molar refractivity (Wildman–Crippen MR) is 117 cm³/mol. The number of aromatic nitrogens is 1. The maximum absolute atomic E-state index is 6.03. The number of aryl methyl sites for hydroxylation is 3. The van der Waals surface area contributed by atoms with Crippen molar-refractivity contribution in [3.8, 4) is 28.5 Å². The molecule has 1 heterocycles. The molecule has 0 amide bonds. The Bertz CT molecular complexity index is 960. The minimum absolute atomic E-state index is 0.353. The number of pyridine rings is 1.